The van der Waals surface area contributed by atoms with E-state index < -0.39 is 0 Å². The van der Waals surface area contributed by atoms with Crippen LogP contribution >= 0.6 is 23.4 Å². The highest BCUT2D eigenvalue weighted by Gasteiger charge is 2.18. The number of anilines is 1. The van der Waals surface area contributed by atoms with Crippen molar-refractivity contribution in [3.63, 3.8) is 0 Å². The van der Waals surface area contributed by atoms with Gasteiger partial charge in [-0.15, -0.1) is 0 Å². The Labute approximate surface area is 175 Å². The van der Waals surface area contributed by atoms with Gasteiger partial charge in [0.2, 0.25) is 11.5 Å². The molecule has 1 amide bonds. The Morgan fingerprint density at radius 2 is 1.97 bits per heavy atom. The maximum absolute atomic E-state index is 13.0. The van der Waals surface area contributed by atoms with Crippen molar-refractivity contribution >= 4 is 57.0 Å². The van der Waals surface area contributed by atoms with E-state index in [-0.39, 0.29) is 22.8 Å². The lowest BCUT2D eigenvalue weighted by Crippen LogP contribution is -2.23. The third kappa shape index (κ3) is 3.88. The summed E-state index contributed by atoms with van der Waals surface area (Å²) in [6, 6.07) is 14.4. The number of furan rings is 1. The number of benzene rings is 2. The highest BCUT2D eigenvalue weighted by atomic mass is 35.5. The molecular weight excluding hydrogens is 410 g/mol. The van der Waals surface area contributed by atoms with Crippen LogP contribution in [0.5, 0.6) is 0 Å². The molecule has 2 aromatic heterocycles. The number of rotatable bonds is 6. The molecule has 0 bridgehead atoms. The van der Waals surface area contributed by atoms with E-state index in [2.05, 4.69) is 10.3 Å². The Morgan fingerprint density at radius 1 is 1.21 bits per heavy atom. The van der Waals surface area contributed by atoms with Crippen molar-refractivity contribution in [2.75, 3.05) is 11.1 Å². The van der Waals surface area contributed by atoms with Crippen molar-refractivity contribution in [2.45, 2.75) is 25.0 Å². The van der Waals surface area contributed by atoms with E-state index in [9.17, 15) is 9.59 Å². The van der Waals surface area contributed by atoms with Crippen LogP contribution in [0, 0.1) is 0 Å². The Bertz CT molecular complexity index is 1270. The Morgan fingerprint density at radius 3 is 2.76 bits per heavy atom. The zero-order valence-electron chi connectivity index (χ0n) is 15.6. The number of nitrogens with one attached hydrogen (secondary N) is 1. The molecule has 0 aliphatic heterocycles. The van der Waals surface area contributed by atoms with Gasteiger partial charge in [0, 0.05) is 11.9 Å². The largest absolute Gasteiger partial charge is 0.448 e. The maximum atomic E-state index is 13.0. The molecular formula is C21H18ClN3O3S. The van der Waals surface area contributed by atoms with Gasteiger partial charge in [0.05, 0.1) is 16.5 Å². The first-order valence-corrected chi connectivity index (χ1v) is 10.5. The molecule has 0 aliphatic rings. The van der Waals surface area contributed by atoms with Gasteiger partial charge >= 0.3 is 0 Å². The number of fused-ring (bicyclic) bond motifs is 3. The highest BCUT2D eigenvalue weighted by Crippen LogP contribution is 2.27. The summed E-state index contributed by atoms with van der Waals surface area (Å²) in [4.78, 5) is 30.0. The molecule has 0 saturated heterocycles. The average Bonchev–Trinajstić information content (AvgIpc) is 3.09. The third-order valence-corrected chi connectivity index (χ3v) is 5.68. The number of thioether (sulfide) groups is 1. The topological polar surface area (TPSA) is 77.1 Å². The van der Waals surface area contributed by atoms with E-state index in [1.807, 2.05) is 31.2 Å². The number of para-hydroxylation sites is 2. The standard InChI is InChI=1S/C21H18ClN3O3S/c1-2-11-25-20(27)19-18(13-7-3-6-10-16(13)28-19)24-21(25)29-12-17(26)23-15-9-5-4-8-14(15)22/h3-10H,2,11-12H2,1H3,(H,23,26). The predicted molar refractivity (Wildman–Crippen MR) is 117 cm³/mol. The monoisotopic (exact) mass is 427 g/mol. The highest BCUT2D eigenvalue weighted by molar-refractivity contribution is 7.99. The molecule has 2 aromatic carbocycles. The summed E-state index contributed by atoms with van der Waals surface area (Å²) in [6.07, 6.45) is 0.757. The second kappa shape index (κ2) is 8.31. The van der Waals surface area contributed by atoms with Gasteiger partial charge in [0.25, 0.3) is 5.56 Å². The Hall–Kier alpha value is -2.77. The minimum atomic E-state index is -0.234. The molecule has 2 heterocycles. The van der Waals surface area contributed by atoms with Crippen LogP contribution in [-0.2, 0) is 11.3 Å². The zero-order chi connectivity index (χ0) is 20.4. The fraction of sp³-hybridized carbons (Fsp3) is 0.190. The first-order valence-electron chi connectivity index (χ1n) is 9.17. The summed E-state index contributed by atoms with van der Waals surface area (Å²) in [5.41, 5.74) is 1.70. The van der Waals surface area contributed by atoms with Crippen LogP contribution in [-0.4, -0.2) is 21.2 Å². The number of amides is 1. The van der Waals surface area contributed by atoms with Crippen molar-refractivity contribution in [1.82, 2.24) is 9.55 Å². The van der Waals surface area contributed by atoms with Gasteiger partial charge in [-0.25, -0.2) is 4.98 Å². The molecule has 4 rings (SSSR count). The molecule has 6 nitrogen and oxygen atoms in total. The van der Waals surface area contributed by atoms with Crippen molar-refractivity contribution in [3.05, 3.63) is 63.9 Å². The fourth-order valence-electron chi connectivity index (χ4n) is 3.06. The summed E-state index contributed by atoms with van der Waals surface area (Å²) in [6.45, 7) is 2.47. The summed E-state index contributed by atoms with van der Waals surface area (Å²) in [5.74, 6) is -0.125. The third-order valence-electron chi connectivity index (χ3n) is 4.37. The van der Waals surface area contributed by atoms with Crippen molar-refractivity contribution in [2.24, 2.45) is 0 Å². The molecule has 0 saturated carbocycles. The van der Waals surface area contributed by atoms with Gasteiger partial charge in [-0.1, -0.05) is 54.6 Å². The summed E-state index contributed by atoms with van der Waals surface area (Å²) in [7, 11) is 0. The van der Waals surface area contributed by atoms with Crippen LogP contribution < -0.4 is 10.9 Å². The van der Waals surface area contributed by atoms with Crippen molar-refractivity contribution < 1.29 is 9.21 Å². The summed E-state index contributed by atoms with van der Waals surface area (Å²) >= 11 is 7.31. The summed E-state index contributed by atoms with van der Waals surface area (Å²) in [5, 5.41) is 4.53. The molecule has 4 aromatic rings. The second-order valence-corrected chi connectivity index (χ2v) is 7.79. The predicted octanol–water partition coefficient (Wildman–Crippen LogP) is 4.94. The van der Waals surface area contributed by atoms with E-state index in [4.69, 9.17) is 16.0 Å². The van der Waals surface area contributed by atoms with Crippen molar-refractivity contribution in [1.29, 1.82) is 0 Å². The van der Waals surface area contributed by atoms with Crippen LogP contribution in [0.1, 0.15) is 13.3 Å². The fourth-order valence-corrected chi connectivity index (χ4v) is 4.06. The van der Waals surface area contributed by atoms with Gasteiger partial charge in [0.15, 0.2) is 5.16 Å². The molecule has 0 radical (unpaired) electrons. The maximum Gasteiger partial charge on any atom is 0.297 e. The number of carbonyl (C=O) groups is 1. The van der Waals surface area contributed by atoms with Crippen LogP contribution in [0.15, 0.2) is 62.9 Å². The lowest BCUT2D eigenvalue weighted by atomic mass is 10.2. The minimum absolute atomic E-state index is 0.0999. The quantitative estimate of drug-likeness (QED) is 0.348. The van der Waals surface area contributed by atoms with Gasteiger partial charge in [-0.3, -0.25) is 14.2 Å². The molecule has 0 spiro atoms. The van der Waals surface area contributed by atoms with E-state index in [0.29, 0.717) is 33.5 Å². The molecule has 0 unspecified atom stereocenters. The number of carbonyl (C=O) groups excluding carboxylic acids is 1. The van der Waals surface area contributed by atoms with Gasteiger partial charge in [-0.2, -0.15) is 0 Å². The van der Waals surface area contributed by atoms with Gasteiger partial charge < -0.3 is 9.73 Å². The normalized spacial score (nSPS) is 11.2. The van der Waals surface area contributed by atoms with Crippen LogP contribution in [0.25, 0.3) is 22.1 Å². The van der Waals surface area contributed by atoms with Crippen LogP contribution in [0.2, 0.25) is 5.02 Å². The zero-order valence-corrected chi connectivity index (χ0v) is 17.2. The Kier molecular flexibility index (Phi) is 5.60. The smallest absolute Gasteiger partial charge is 0.297 e. The number of halogens is 1. The Balaban J connectivity index is 1.66. The number of hydrogen-bond donors (Lipinski definition) is 1. The molecule has 148 valence electrons. The molecule has 0 atom stereocenters. The molecule has 8 heteroatoms. The van der Waals surface area contributed by atoms with E-state index >= 15 is 0 Å². The van der Waals surface area contributed by atoms with Gasteiger partial charge in [0.1, 0.15) is 11.1 Å². The first kappa shape index (κ1) is 19.5. The molecule has 0 fully saturated rings. The van der Waals surface area contributed by atoms with Gasteiger partial charge in [-0.05, 0) is 30.7 Å². The first-order chi connectivity index (χ1) is 14.1. The van der Waals surface area contributed by atoms with Crippen LogP contribution in [0.4, 0.5) is 5.69 Å². The lowest BCUT2D eigenvalue weighted by molar-refractivity contribution is -0.113. The second-order valence-electron chi connectivity index (χ2n) is 6.44. The SMILES string of the molecule is CCCn1c(SCC(=O)Nc2ccccc2Cl)nc2c(oc3ccccc32)c1=O. The summed E-state index contributed by atoms with van der Waals surface area (Å²) < 4.78 is 7.31. The number of hydrogen-bond acceptors (Lipinski definition) is 5. The van der Waals surface area contributed by atoms with E-state index in [1.54, 1.807) is 28.8 Å². The molecule has 1 N–H and O–H groups in total. The molecule has 29 heavy (non-hydrogen) atoms. The average molecular weight is 428 g/mol. The van der Waals surface area contributed by atoms with E-state index in [1.165, 1.54) is 11.8 Å². The van der Waals surface area contributed by atoms with Crippen LogP contribution in [0.3, 0.4) is 0 Å². The van der Waals surface area contributed by atoms with E-state index in [0.717, 1.165) is 11.8 Å². The molecule has 0 aliphatic carbocycles. The number of aromatic nitrogens is 2. The lowest BCUT2D eigenvalue weighted by Gasteiger charge is -2.11. The van der Waals surface area contributed by atoms with Crippen molar-refractivity contribution in [3.8, 4) is 0 Å². The number of nitrogens with zero attached hydrogens (tertiary/aromatic N) is 2. The minimum Gasteiger partial charge on any atom is -0.448 e.